The van der Waals surface area contributed by atoms with Crippen LogP contribution in [0.2, 0.25) is 0 Å². The first kappa shape index (κ1) is 16.7. The molecule has 0 aliphatic rings. The Hall–Kier alpha value is -2.80. The van der Waals surface area contributed by atoms with E-state index < -0.39 is 0 Å². The van der Waals surface area contributed by atoms with E-state index in [9.17, 15) is 9.18 Å². The minimum atomic E-state index is -0.306. The van der Waals surface area contributed by atoms with Crippen LogP contribution in [-0.4, -0.2) is 14.7 Å². The lowest BCUT2D eigenvalue weighted by Crippen LogP contribution is -2.21. The minimum absolute atomic E-state index is 0.126. The molecule has 4 aromatic rings. The molecule has 7 heteroatoms. The van der Waals surface area contributed by atoms with Crippen molar-refractivity contribution in [1.82, 2.24) is 14.7 Å². The van der Waals surface area contributed by atoms with Crippen molar-refractivity contribution in [2.75, 3.05) is 0 Å². The monoisotopic (exact) mass is 369 g/mol. The summed E-state index contributed by atoms with van der Waals surface area (Å²) < 4.78 is 20.0. The first-order chi connectivity index (χ1) is 12.5. The maximum absolute atomic E-state index is 13.3. The van der Waals surface area contributed by atoms with Gasteiger partial charge < -0.3 is 4.52 Å². The Balaban J connectivity index is 1.91. The topological polar surface area (TPSA) is 60.9 Å². The van der Waals surface area contributed by atoms with Crippen LogP contribution in [0.1, 0.15) is 21.9 Å². The Morgan fingerprint density at radius 2 is 1.92 bits per heavy atom. The highest BCUT2D eigenvalue weighted by Crippen LogP contribution is 2.35. The van der Waals surface area contributed by atoms with Gasteiger partial charge in [0.05, 0.1) is 24.0 Å². The van der Waals surface area contributed by atoms with E-state index in [1.54, 1.807) is 23.0 Å². The van der Waals surface area contributed by atoms with Crippen molar-refractivity contribution in [1.29, 1.82) is 0 Å². The number of benzene rings is 1. The molecule has 0 fully saturated rings. The fourth-order valence-corrected chi connectivity index (χ4v) is 4.12. The van der Waals surface area contributed by atoms with E-state index in [1.807, 2.05) is 20.8 Å². The van der Waals surface area contributed by atoms with Gasteiger partial charge in [0.15, 0.2) is 0 Å². The van der Waals surface area contributed by atoms with Crippen molar-refractivity contribution >= 4 is 21.6 Å². The average molecular weight is 369 g/mol. The van der Waals surface area contributed by atoms with Gasteiger partial charge in [-0.15, -0.1) is 11.3 Å². The van der Waals surface area contributed by atoms with Crippen LogP contribution in [0.25, 0.3) is 21.3 Å². The molecule has 0 spiro atoms. The van der Waals surface area contributed by atoms with Crippen LogP contribution in [0, 0.1) is 26.6 Å². The molecule has 0 atom stereocenters. The zero-order valence-electron chi connectivity index (χ0n) is 14.5. The molecule has 0 aliphatic carbocycles. The van der Waals surface area contributed by atoms with Crippen molar-refractivity contribution in [3.63, 3.8) is 0 Å². The molecule has 5 nitrogen and oxygen atoms in total. The zero-order valence-corrected chi connectivity index (χ0v) is 15.4. The molecule has 0 N–H and O–H groups in total. The van der Waals surface area contributed by atoms with Crippen LogP contribution in [0.15, 0.2) is 39.9 Å². The molecular weight excluding hydrogens is 353 g/mol. The van der Waals surface area contributed by atoms with Gasteiger partial charge in [-0.3, -0.25) is 9.36 Å². The number of rotatable bonds is 3. The number of fused-ring (bicyclic) bond motifs is 1. The standard InChI is InChI=1S/C19H16FN3O2S/c1-10-15(11(2)25-22-10)8-23-9-21-18-17(19(23)24)16(12(3)26-18)13-4-6-14(20)7-5-13/h4-7,9H,8H2,1-3H3. The quantitative estimate of drug-likeness (QED) is 0.542. The summed E-state index contributed by atoms with van der Waals surface area (Å²) in [5.41, 5.74) is 3.14. The molecule has 0 amide bonds. The molecular formula is C19H16FN3O2S. The van der Waals surface area contributed by atoms with E-state index in [0.29, 0.717) is 22.5 Å². The van der Waals surface area contributed by atoms with E-state index in [2.05, 4.69) is 10.1 Å². The summed E-state index contributed by atoms with van der Waals surface area (Å²) in [5, 5.41) is 4.50. The van der Waals surface area contributed by atoms with Crippen molar-refractivity contribution in [2.45, 2.75) is 27.3 Å². The van der Waals surface area contributed by atoms with Gasteiger partial charge in [0.1, 0.15) is 16.4 Å². The fourth-order valence-electron chi connectivity index (χ4n) is 3.11. The first-order valence-electron chi connectivity index (χ1n) is 8.12. The second-order valence-electron chi connectivity index (χ2n) is 6.20. The van der Waals surface area contributed by atoms with Crippen LogP contribution >= 0.6 is 11.3 Å². The smallest absolute Gasteiger partial charge is 0.263 e. The number of hydrogen-bond acceptors (Lipinski definition) is 5. The van der Waals surface area contributed by atoms with E-state index >= 15 is 0 Å². The molecule has 0 bridgehead atoms. The summed E-state index contributed by atoms with van der Waals surface area (Å²) in [6.07, 6.45) is 1.56. The normalized spacial score (nSPS) is 11.4. The fraction of sp³-hybridized carbons (Fsp3) is 0.211. The van der Waals surface area contributed by atoms with E-state index in [0.717, 1.165) is 27.3 Å². The van der Waals surface area contributed by atoms with Crippen LogP contribution in [-0.2, 0) is 6.54 Å². The molecule has 3 aromatic heterocycles. The van der Waals surface area contributed by atoms with Crippen molar-refractivity contribution in [2.24, 2.45) is 0 Å². The van der Waals surface area contributed by atoms with Crippen molar-refractivity contribution in [3.05, 3.63) is 68.7 Å². The first-order valence-corrected chi connectivity index (χ1v) is 8.93. The summed E-state index contributed by atoms with van der Waals surface area (Å²) in [4.78, 5) is 19.3. The van der Waals surface area contributed by atoms with Crippen LogP contribution in [0.3, 0.4) is 0 Å². The molecule has 0 saturated carbocycles. The van der Waals surface area contributed by atoms with Crippen LogP contribution < -0.4 is 5.56 Å². The Morgan fingerprint density at radius 1 is 1.19 bits per heavy atom. The average Bonchev–Trinajstić information content (AvgIpc) is 3.12. The van der Waals surface area contributed by atoms with Crippen molar-refractivity contribution in [3.8, 4) is 11.1 Å². The number of halogens is 1. The van der Waals surface area contributed by atoms with E-state index in [1.165, 1.54) is 23.5 Å². The van der Waals surface area contributed by atoms with Crippen LogP contribution in [0.5, 0.6) is 0 Å². The van der Waals surface area contributed by atoms with Gasteiger partial charge >= 0.3 is 0 Å². The zero-order chi connectivity index (χ0) is 18.4. The lowest BCUT2D eigenvalue weighted by atomic mass is 10.0. The molecule has 132 valence electrons. The third-order valence-corrected chi connectivity index (χ3v) is 5.51. The third-order valence-electron chi connectivity index (χ3n) is 4.50. The SMILES string of the molecule is Cc1noc(C)c1Cn1cnc2sc(C)c(-c3ccc(F)cc3)c2c1=O. The lowest BCUT2D eigenvalue weighted by molar-refractivity contribution is 0.392. The number of nitrogens with zero attached hydrogens (tertiary/aromatic N) is 3. The van der Waals surface area contributed by atoms with Gasteiger partial charge in [-0.05, 0) is 38.5 Å². The number of hydrogen-bond donors (Lipinski definition) is 0. The van der Waals surface area contributed by atoms with E-state index in [4.69, 9.17) is 4.52 Å². The summed E-state index contributed by atoms with van der Waals surface area (Å²) >= 11 is 1.47. The maximum Gasteiger partial charge on any atom is 0.263 e. The van der Waals surface area contributed by atoms with Gasteiger partial charge in [0, 0.05) is 16.0 Å². The molecule has 0 saturated heterocycles. The molecule has 3 heterocycles. The Labute approximate surface area is 152 Å². The molecule has 1 aromatic carbocycles. The molecule has 0 radical (unpaired) electrons. The van der Waals surface area contributed by atoms with Gasteiger partial charge in [0.2, 0.25) is 0 Å². The third kappa shape index (κ3) is 2.64. The van der Waals surface area contributed by atoms with Crippen molar-refractivity contribution < 1.29 is 8.91 Å². The Bertz CT molecular complexity index is 1150. The molecule has 0 unspecified atom stereocenters. The highest BCUT2D eigenvalue weighted by atomic mass is 32.1. The number of aromatic nitrogens is 3. The summed E-state index contributed by atoms with van der Waals surface area (Å²) in [7, 11) is 0. The number of thiophene rings is 1. The molecule has 4 rings (SSSR count). The highest BCUT2D eigenvalue weighted by Gasteiger charge is 2.18. The van der Waals surface area contributed by atoms with Gasteiger partial charge in [-0.1, -0.05) is 17.3 Å². The Kier molecular flexibility index (Phi) is 3.96. The predicted molar refractivity (Wildman–Crippen MR) is 99.1 cm³/mol. The summed E-state index contributed by atoms with van der Waals surface area (Å²) in [5.74, 6) is 0.384. The Morgan fingerprint density at radius 3 is 2.58 bits per heavy atom. The maximum atomic E-state index is 13.3. The number of aryl methyl sites for hydroxylation is 3. The largest absolute Gasteiger partial charge is 0.361 e. The van der Waals surface area contributed by atoms with Crippen LogP contribution in [0.4, 0.5) is 4.39 Å². The van der Waals surface area contributed by atoms with E-state index in [-0.39, 0.29) is 11.4 Å². The highest BCUT2D eigenvalue weighted by molar-refractivity contribution is 7.19. The molecule has 0 aliphatic heterocycles. The molecule has 26 heavy (non-hydrogen) atoms. The second-order valence-corrected chi connectivity index (χ2v) is 7.40. The van der Waals surface area contributed by atoms with Gasteiger partial charge in [-0.2, -0.15) is 0 Å². The minimum Gasteiger partial charge on any atom is -0.361 e. The lowest BCUT2D eigenvalue weighted by Gasteiger charge is -2.06. The predicted octanol–water partition coefficient (Wildman–Crippen LogP) is 4.23. The van der Waals surface area contributed by atoms with Gasteiger partial charge in [-0.25, -0.2) is 9.37 Å². The van der Waals surface area contributed by atoms with Gasteiger partial charge in [0.25, 0.3) is 5.56 Å². The summed E-state index contributed by atoms with van der Waals surface area (Å²) in [6, 6.07) is 6.18. The second kappa shape index (κ2) is 6.17. The summed E-state index contributed by atoms with van der Waals surface area (Å²) in [6.45, 7) is 5.97.